The molecule has 22 heavy (non-hydrogen) atoms. The van der Waals surface area contributed by atoms with Crippen molar-refractivity contribution < 1.29 is 9.90 Å². The fourth-order valence-electron chi connectivity index (χ4n) is 2.26. The Kier molecular flexibility index (Phi) is 5.37. The fraction of sp³-hybridized carbons (Fsp3) is 0.500. The molecule has 0 aliphatic carbocycles. The van der Waals surface area contributed by atoms with E-state index < -0.39 is 5.60 Å². The van der Waals surface area contributed by atoms with Gasteiger partial charge in [0.1, 0.15) is 11.4 Å². The van der Waals surface area contributed by atoms with E-state index in [0.717, 1.165) is 11.4 Å². The molecule has 0 radical (unpaired) electrons. The molecule has 0 saturated heterocycles. The summed E-state index contributed by atoms with van der Waals surface area (Å²) in [5.41, 5.74) is -0.206. The molecular weight excluding hydrogens is 298 g/mol. The first-order chi connectivity index (χ1) is 10.4. The number of amides is 1. The summed E-state index contributed by atoms with van der Waals surface area (Å²) >= 11 is 1.53. The highest BCUT2D eigenvalue weighted by atomic mass is 32.1. The molecule has 1 atom stereocenters. The number of hydrogen-bond acceptors (Lipinski definition) is 4. The van der Waals surface area contributed by atoms with E-state index in [0.29, 0.717) is 18.9 Å². The zero-order valence-electron chi connectivity index (χ0n) is 13.2. The lowest BCUT2D eigenvalue weighted by atomic mass is 9.99. The van der Waals surface area contributed by atoms with Crippen LogP contribution in [0, 0.1) is 0 Å². The monoisotopic (exact) mass is 321 g/mol. The Labute approximate surface area is 135 Å². The number of carbonyl (C=O) groups is 1. The van der Waals surface area contributed by atoms with Gasteiger partial charge in [-0.3, -0.25) is 4.79 Å². The fourth-order valence-corrected chi connectivity index (χ4v) is 3.05. The predicted molar refractivity (Wildman–Crippen MR) is 87.8 cm³/mol. The molecule has 0 fully saturated rings. The maximum absolute atomic E-state index is 12.0. The molecule has 2 N–H and O–H groups in total. The van der Waals surface area contributed by atoms with Gasteiger partial charge in [-0.2, -0.15) is 11.3 Å². The van der Waals surface area contributed by atoms with Gasteiger partial charge < -0.3 is 15.0 Å². The number of nitrogens with zero attached hydrogens (tertiary/aromatic N) is 2. The van der Waals surface area contributed by atoms with Gasteiger partial charge in [-0.05, 0) is 29.3 Å². The van der Waals surface area contributed by atoms with Crippen molar-refractivity contribution in [2.75, 3.05) is 6.54 Å². The second-order valence-corrected chi connectivity index (χ2v) is 6.73. The molecule has 1 unspecified atom stereocenters. The predicted octanol–water partition coefficient (Wildman–Crippen LogP) is 2.48. The van der Waals surface area contributed by atoms with Gasteiger partial charge in [0.2, 0.25) is 5.91 Å². The van der Waals surface area contributed by atoms with E-state index >= 15 is 0 Å². The lowest BCUT2D eigenvalue weighted by molar-refractivity contribution is -0.122. The quantitative estimate of drug-likeness (QED) is 0.823. The van der Waals surface area contributed by atoms with Crippen LogP contribution in [0.5, 0.6) is 0 Å². The first-order valence-electron chi connectivity index (χ1n) is 7.43. The summed E-state index contributed by atoms with van der Waals surface area (Å²) in [7, 11) is 0. The van der Waals surface area contributed by atoms with Crippen LogP contribution in [0.25, 0.3) is 0 Å². The number of hydrogen-bond donors (Lipinski definition) is 2. The van der Waals surface area contributed by atoms with Gasteiger partial charge in [0, 0.05) is 31.3 Å². The van der Waals surface area contributed by atoms with Crippen LogP contribution in [0.4, 0.5) is 0 Å². The van der Waals surface area contributed by atoms with Crippen molar-refractivity contribution in [2.45, 2.75) is 45.3 Å². The molecule has 0 saturated carbocycles. The molecule has 0 aliphatic rings. The van der Waals surface area contributed by atoms with Gasteiger partial charge in [0.05, 0.1) is 6.54 Å². The van der Waals surface area contributed by atoms with Crippen molar-refractivity contribution in [1.82, 2.24) is 14.9 Å². The summed E-state index contributed by atoms with van der Waals surface area (Å²) in [4.78, 5) is 16.3. The van der Waals surface area contributed by atoms with Crippen LogP contribution in [-0.2, 0) is 16.9 Å². The molecule has 0 aliphatic heterocycles. The van der Waals surface area contributed by atoms with Gasteiger partial charge in [0.25, 0.3) is 0 Å². The van der Waals surface area contributed by atoms with Crippen LogP contribution in [0.15, 0.2) is 29.2 Å². The molecular formula is C16H23N3O2S. The lowest BCUT2D eigenvalue weighted by Gasteiger charge is -2.22. The van der Waals surface area contributed by atoms with E-state index in [2.05, 4.69) is 24.1 Å². The molecule has 0 spiro atoms. The van der Waals surface area contributed by atoms with Crippen molar-refractivity contribution >= 4 is 17.2 Å². The largest absolute Gasteiger partial charge is 0.384 e. The molecule has 2 aromatic heterocycles. The second-order valence-electron chi connectivity index (χ2n) is 5.95. The number of aryl methyl sites for hydroxylation is 1. The molecule has 6 heteroatoms. The highest BCUT2D eigenvalue weighted by Crippen LogP contribution is 2.22. The maximum Gasteiger partial charge on any atom is 0.221 e. The smallest absolute Gasteiger partial charge is 0.221 e. The van der Waals surface area contributed by atoms with Crippen molar-refractivity contribution in [3.05, 3.63) is 40.6 Å². The number of rotatable bonds is 7. The molecule has 0 aromatic carbocycles. The summed E-state index contributed by atoms with van der Waals surface area (Å²) in [6, 6.07) is 1.87. The molecule has 0 bridgehead atoms. The Morgan fingerprint density at radius 2 is 2.32 bits per heavy atom. The zero-order chi connectivity index (χ0) is 16.2. The van der Waals surface area contributed by atoms with Crippen molar-refractivity contribution in [2.24, 2.45) is 0 Å². The van der Waals surface area contributed by atoms with Crippen LogP contribution in [0.1, 0.15) is 44.5 Å². The summed E-state index contributed by atoms with van der Waals surface area (Å²) in [5.74, 6) is 1.24. The van der Waals surface area contributed by atoms with Gasteiger partial charge in [-0.1, -0.05) is 13.8 Å². The summed E-state index contributed by atoms with van der Waals surface area (Å²) < 4.78 is 2.00. The Bertz CT molecular complexity index is 603. The molecule has 2 rings (SSSR count). The third-order valence-corrected chi connectivity index (χ3v) is 4.30. The van der Waals surface area contributed by atoms with Crippen molar-refractivity contribution in [1.29, 1.82) is 0 Å². The minimum Gasteiger partial charge on any atom is -0.384 e. The summed E-state index contributed by atoms with van der Waals surface area (Å²) in [6.07, 6.45) is 4.02. The van der Waals surface area contributed by atoms with Gasteiger partial charge in [0.15, 0.2) is 0 Å². The van der Waals surface area contributed by atoms with Crippen LogP contribution in [0.3, 0.4) is 0 Å². The maximum atomic E-state index is 12.0. The summed E-state index contributed by atoms with van der Waals surface area (Å²) in [6.45, 7) is 6.68. The second kappa shape index (κ2) is 7.07. The molecule has 5 nitrogen and oxygen atoms in total. The third-order valence-electron chi connectivity index (χ3n) is 3.62. The van der Waals surface area contributed by atoms with Crippen LogP contribution >= 0.6 is 11.3 Å². The average Bonchev–Trinajstić information content (AvgIpc) is 3.13. The number of imidazole rings is 1. The van der Waals surface area contributed by atoms with E-state index in [1.807, 2.05) is 27.6 Å². The van der Waals surface area contributed by atoms with Crippen molar-refractivity contribution in [3.63, 3.8) is 0 Å². The van der Waals surface area contributed by atoms with Gasteiger partial charge in [-0.25, -0.2) is 4.98 Å². The van der Waals surface area contributed by atoms with Crippen molar-refractivity contribution in [3.8, 4) is 0 Å². The zero-order valence-corrected chi connectivity index (χ0v) is 14.1. The van der Waals surface area contributed by atoms with E-state index in [1.54, 1.807) is 13.1 Å². The lowest BCUT2D eigenvalue weighted by Crippen LogP contribution is -2.38. The molecule has 2 heterocycles. The SMILES string of the molecule is CC(C)c1nccn1CCC(=O)NCC(C)(O)c1ccsc1. The van der Waals surface area contributed by atoms with Gasteiger partial charge in [-0.15, -0.1) is 0 Å². The normalized spacial score (nSPS) is 14.0. The summed E-state index contributed by atoms with van der Waals surface area (Å²) in [5, 5.41) is 17.0. The van der Waals surface area contributed by atoms with Gasteiger partial charge >= 0.3 is 0 Å². The Morgan fingerprint density at radius 3 is 2.95 bits per heavy atom. The standard InChI is InChI=1S/C16H23N3O2S/c1-12(2)15-17-6-8-19(15)7-4-14(20)18-11-16(3,21)13-5-9-22-10-13/h5-6,8-10,12,21H,4,7,11H2,1-3H3,(H,18,20). The minimum atomic E-state index is -1.03. The number of carbonyl (C=O) groups excluding carboxylic acids is 1. The van der Waals surface area contributed by atoms with E-state index in [4.69, 9.17) is 0 Å². The highest BCUT2D eigenvalue weighted by molar-refractivity contribution is 7.08. The Morgan fingerprint density at radius 1 is 1.55 bits per heavy atom. The van der Waals surface area contributed by atoms with Crippen LogP contribution in [-0.4, -0.2) is 27.1 Å². The average molecular weight is 321 g/mol. The highest BCUT2D eigenvalue weighted by Gasteiger charge is 2.24. The first kappa shape index (κ1) is 16.7. The molecule has 2 aromatic rings. The number of nitrogens with one attached hydrogen (secondary N) is 1. The van der Waals surface area contributed by atoms with E-state index in [1.165, 1.54) is 11.3 Å². The number of thiophene rings is 1. The van der Waals surface area contributed by atoms with Crippen LogP contribution < -0.4 is 5.32 Å². The number of aliphatic hydroxyl groups is 1. The van der Waals surface area contributed by atoms with Crippen LogP contribution in [0.2, 0.25) is 0 Å². The third kappa shape index (κ3) is 4.18. The number of aromatic nitrogens is 2. The van der Waals surface area contributed by atoms with E-state index in [9.17, 15) is 9.90 Å². The Hall–Kier alpha value is -1.66. The minimum absolute atomic E-state index is 0.0705. The Balaban J connectivity index is 1.82. The first-order valence-corrected chi connectivity index (χ1v) is 8.37. The molecule has 1 amide bonds. The topological polar surface area (TPSA) is 67.2 Å². The van der Waals surface area contributed by atoms with E-state index in [-0.39, 0.29) is 12.5 Å². The molecule has 120 valence electrons.